The molecule has 0 amide bonds. The molecule has 3 nitrogen and oxygen atoms in total. The molecule has 0 aromatic heterocycles. The maximum atomic E-state index is 13.6. The molecule has 34 heavy (non-hydrogen) atoms. The van der Waals surface area contributed by atoms with Crippen LogP contribution in [0, 0.1) is 0 Å². The van der Waals surface area contributed by atoms with E-state index >= 15 is 0 Å². The molecule has 4 heteroatoms. The second-order valence-corrected chi connectivity index (χ2v) is 11.6. The lowest BCUT2D eigenvalue weighted by Crippen LogP contribution is -2.34. The van der Waals surface area contributed by atoms with E-state index in [4.69, 9.17) is 9.05 Å². The van der Waals surface area contributed by atoms with Crippen molar-refractivity contribution in [2.45, 2.75) is 194 Å². The van der Waals surface area contributed by atoms with Crippen LogP contribution in [0.3, 0.4) is 0 Å². The summed E-state index contributed by atoms with van der Waals surface area (Å²) >= 11 is 0. The lowest BCUT2D eigenvalue weighted by atomic mass is 9.85. The number of hydrogen-bond donors (Lipinski definition) is 0. The predicted molar refractivity (Wildman–Crippen MR) is 151 cm³/mol. The van der Waals surface area contributed by atoms with Crippen molar-refractivity contribution in [1.29, 1.82) is 0 Å². The zero-order chi connectivity index (χ0) is 25.5. The van der Waals surface area contributed by atoms with Crippen molar-refractivity contribution in [1.82, 2.24) is 0 Å². The smallest absolute Gasteiger partial charge is 0.112 e. The Kier molecular flexibility index (Phi) is 22.2. The van der Waals surface area contributed by atoms with Crippen LogP contribution >= 0.6 is 8.25 Å². The molecule has 0 aromatic carbocycles. The summed E-state index contributed by atoms with van der Waals surface area (Å²) in [4.78, 5) is 0. The first-order valence-electron chi connectivity index (χ1n) is 15.3. The maximum Gasteiger partial charge on any atom is 0.698 e. The van der Waals surface area contributed by atoms with Gasteiger partial charge in [0.15, 0.2) is 0 Å². The van der Waals surface area contributed by atoms with Crippen LogP contribution in [0.1, 0.15) is 183 Å². The Labute approximate surface area is 215 Å². The van der Waals surface area contributed by atoms with Gasteiger partial charge in [0.1, 0.15) is 11.2 Å². The van der Waals surface area contributed by atoms with Gasteiger partial charge >= 0.3 is 8.25 Å². The fraction of sp³-hybridized carbons (Fsp3) is 1.00. The second kappa shape index (κ2) is 22.2. The van der Waals surface area contributed by atoms with Gasteiger partial charge in [-0.3, -0.25) is 0 Å². The summed E-state index contributed by atoms with van der Waals surface area (Å²) < 4.78 is 26.8. The first-order valence-corrected chi connectivity index (χ1v) is 16.4. The van der Waals surface area contributed by atoms with Gasteiger partial charge in [-0.15, -0.1) is 9.05 Å². The van der Waals surface area contributed by atoms with Crippen LogP contribution in [-0.4, -0.2) is 11.2 Å². The molecule has 0 radical (unpaired) electrons. The molecule has 0 aromatic rings. The fourth-order valence-corrected chi connectivity index (χ4v) is 6.36. The average Bonchev–Trinajstić information content (AvgIpc) is 2.82. The highest BCUT2D eigenvalue weighted by molar-refractivity contribution is 7.33. The molecule has 0 rings (SSSR count). The Bertz CT molecular complexity index is 406. The molecule has 0 aliphatic rings. The van der Waals surface area contributed by atoms with Crippen LogP contribution in [0.5, 0.6) is 0 Å². The Hall–Kier alpha value is 0.0200. The normalized spacial score (nSPS) is 12.4. The first kappa shape index (κ1) is 34.0. The molecular formula is C30H62O3P+. The van der Waals surface area contributed by atoms with Crippen molar-refractivity contribution in [2.75, 3.05) is 0 Å². The molecule has 0 aliphatic heterocycles. The van der Waals surface area contributed by atoms with Crippen LogP contribution in [0.15, 0.2) is 0 Å². The Morgan fingerprint density at radius 1 is 0.412 bits per heavy atom. The molecule has 0 atom stereocenters. The summed E-state index contributed by atoms with van der Waals surface area (Å²) in [6.07, 6.45) is 25.0. The van der Waals surface area contributed by atoms with Crippen LogP contribution in [0.2, 0.25) is 0 Å². The quantitative estimate of drug-likeness (QED) is 0.0873. The predicted octanol–water partition coefficient (Wildman–Crippen LogP) is 11.9. The van der Waals surface area contributed by atoms with Gasteiger partial charge in [0.05, 0.1) is 0 Å². The molecule has 0 N–H and O–H groups in total. The summed E-state index contributed by atoms with van der Waals surface area (Å²) in [5.74, 6) is 0. The van der Waals surface area contributed by atoms with E-state index in [2.05, 4.69) is 41.5 Å². The molecule has 0 bridgehead atoms. The largest absolute Gasteiger partial charge is 0.698 e. The second-order valence-electron chi connectivity index (χ2n) is 10.8. The molecule has 0 heterocycles. The Morgan fingerprint density at radius 3 is 0.882 bits per heavy atom. The standard InChI is InChI=1S/C30H62O3P/c1-7-13-19-25-29(23-17-11-5,26-20-14-8-2)32-34(31)33-30(24-18-12-6,27-21-15-9-3)28-22-16-10-4/h7-28H2,1-6H3/q+1. The van der Waals surface area contributed by atoms with Crippen molar-refractivity contribution in [2.24, 2.45) is 0 Å². The highest BCUT2D eigenvalue weighted by Crippen LogP contribution is 2.47. The third kappa shape index (κ3) is 15.9. The van der Waals surface area contributed by atoms with Crippen LogP contribution in [0.25, 0.3) is 0 Å². The summed E-state index contributed by atoms with van der Waals surface area (Å²) in [6, 6.07) is 0. The van der Waals surface area contributed by atoms with Gasteiger partial charge in [-0.25, -0.2) is 0 Å². The van der Waals surface area contributed by atoms with E-state index in [1.807, 2.05) is 0 Å². The van der Waals surface area contributed by atoms with Crippen molar-refractivity contribution < 1.29 is 13.6 Å². The minimum Gasteiger partial charge on any atom is -0.112 e. The summed E-state index contributed by atoms with van der Waals surface area (Å²) in [5.41, 5.74) is -0.561. The number of unbranched alkanes of at least 4 members (excludes halogenated alkanes) is 10. The van der Waals surface area contributed by atoms with Crippen LogP contribution < -0.4 is 0 Å². The zero-order valence-electron chi connectivity index (χ0n) is 24.2. The van der Waals surface area contributed by atoms with Crippen molar-refractivity contribution in [3.63, 3.8) is 0 Å². The van der Waals surface area contributed by atoms with E-state index < -0.39 is 8.25 Å². The zero-order valence-corrected chi connectivity index (χ0v) is 25.1. The summed E-state index contributed by atoms with van der Waals surface area (Å²) in [7, 11) is -2.12. The molecule has 0 saturated heterocycles. The van der Waals surface area contributed by atoms with Gasteiger partial charge in [0, 0.05) is 4.57 Å². The summed E-state index contributed by atoms with van der Waals surface area (Å²) in [5, 5.41) is 0. The topological polar surface area (TPSA) is 35.5 Å². The van der Waals surface area contributed by atoms with E-state index in [-0.39, 0.29) is 11.2 Å². The number of rotatable bonds is 26. The van der Waals surface area contributed by atoms with Crippen molar-refractivity contribution in [3.05, 3.63) is 0 Å². The third-order valence-corrected chi connectivity index (χ3v) is 8.52. The highest BCUT2D eigenvalue weighted by Gasteiger charge is 2.46. The Balaban J connectivity index is 5.65. The van der Waals surface area contributed by atoms with E-state index in [1.54, 1.807) is 0 Å². The van der Waals surface area contributed by atoms with Crippen molar-refractivity contribution in [3.8, 4) is 0 Å². The van der Waals surface area contributed by atoms with Crippen LogP contribution in [0.4, 0.5) is 0 Å². The van der Waals surface area contributed by atoms with Crippen molar-refractivity contribution >= 4 is 8.25 Å². The van der Waals surface area contributed by atoms with E-state index in [0.717, 1.165) is 89.9 Å². The molecule has 0 spiro atoms. The molecule has 0 saturated carbocycles. The Morgan fingerprint density at radius 2 is 0.647 bits per heavy atom. The van der Waals surface area contributed by atoms with E-state index in [0.29, 0.717) is 0 Å². The van der Waals surface area contributed by atoms with Crippen LogP contribution in [-0.2, 0) is 13.6 Å². The molecule has 0 fully saturated rings. The highest BCUT2D eigenvalue weighted by atomic mass is 31.1. The van der Waals surface area contributed by atoms with E-state index in [1.165, 1.54) is 51.4 Å². The van der Waals surface area contributed by atoms with Gasteiger partial charge in [-0.1, -0.05) is 144 Å². The fourth-order valence-electron chi connectivity index (χ4n) is 5.15. The number of hydrogen-bond acceptors (Lipinski definition) is 3. The molecule has 0 unspecified atom stereocenters. The molecule has 0 aliphatic carbocycles. The minimum atomic E-state index is -2.12. The minimum absolute atomic E-state index is 0.281. The van der Waals surface area contributed by atoms with Gasteiger partial charge < -0.3 is 0 Å². The monoisotopic (exact) mass is 501 g/mol. The SMILES string of the molecule is CCCCCC(CCCC)(CCCCC)O[P+](=O)OC(CCCC)(CCCCC)CCCCC. The van der Waals surface area contributed by atoms with Gasteiger partial charge in [0.25, 0.3) is 0 Å². The summed E-state index contributed by atoms with van der Waals surface area (Å²) in [6.45, 7) is 13.5. The third-order valence-electron chi connectivity index (χ3n) is 7.45. The average molecular weight is 502 g/mol. The molecule has 204 valence electrons. The lowest BCUT2D eigenvalue weighted by molar-refractivity contribution is -0.0181. The van der Waals surface area contributed by atoms with E-state index in [9.17, 15) is 4.57 Å². The first-order chi connectivity index (χ1) is 16.5. The van der Waals surface area contributed by atoms with Gasteiger partial charge in [-0.2, -0.15) is 0 Å². The van der Waals surface area contributed by atoms with Gasteiger partial charge in [0.2, 0.25) is 0 Å². The molecular weight excluding hydrogens is 439 g/mol. The van der Waals surface area contributed by atoms with Gasteiger partial charge in [-0.05, 0) is 38.5 Å². The maximum absolute atomic E-state index is 13.6. The lowest BCUT2D eigenvalue weighted by Gasteiger charge is -2.31.